The summed E-state index contributed by atoms with van der Waals surface area (Å²) in [5.74, 6) is -1.36. The molecule has 0 aliphatic rings. The third-order valence-electron chi connectivity index (χ3n) is 5.04. The van der Waals surface area contributed by atoms with Crippen LogP contribution < -0.4 is 27.8 Å². The number of nitrogens with two attached hydrogens (primary N) is 3. The number of hydrogen-bond acceptors (Lipinski definition) is 8. The van der Waals surface area contributed by atoms with E-state index >= 15 is 0 Å². The van der Waals surface area contributed by atoms with Gasteiger partial charge in [-0.3, -0.25) is 9.59 Å². The summed E-state index contributed by atoms with van der Waals surface area (Å²) in [5, 5.41) is 14.6. The lowest BCUT2D eigenvalue weighted by Gasteiger charge is -2.17. The molecule has 0 bridgehead atoms. The number of anilines is 2. The molecular formula is C23H31N5O5. The monoisotopic (exact) mass is 457 g/mol. The molecular weight excluding hydrogens is 426 g/mol. The normalized spacial score (nSPS) is 12.5. The van der Waals surface area contributed by atoms with Crippen LogP contribution in [0.5, 0.6) is 5.75 Å². The van der Waals surface area contributed by atoms with E-state index in [2.05, 4.69) is 10.6 Å². The quantitative estimate of drug-likeness (QED) is 0.163. The number of phenols is 1. The van der Waals surface area contributed by atoms with E-state index in [1.165, 1.54) is 37.4 Å². The highest BCUT2D eigenvalue weighted by Crippen LogP contribution is 2.21. The first-order chi connectivity index (χ1) is 15.7. The standard InChI is InChI=1S/C23H31N5O5/c1-33-23(32)20(4-2-3-11-24)28-21(30)15-7-10-19(17(25)13-15)27-22(31)18(26)12-14-5-8-16(29)9-6-14/h5-10,13,18,20,29H,2-4,11-12,24-26H2,1H3,(H,27,31)(H,28,30)/t18-,20-/m0/s1. The van der Waals surface area contributed by atoms with Crippen LogP contribution >= 0.6 is 0 Å². The number of benzene rings is 2. The van der Waals surface area contributed by atoms with Crippen molar-refractivity contribution in [2.24, 2.45) is 11.5 Å². The Morgan fingerprint density at radius 1 is 1.09 bits per heavy atom. The number of ether oxygens (including phenoxy) is 1. The molecule has 2 atom stereocenters. The highest BCUT2D eigenvalue weighted by atomic mass is 16.5. The van der Waals surface area contributed by atoms with Crippen molar-refractivity contribution in [2.75, 3.05) is 24.7 Å². The van der Waals surface area contributed by atoms with Crippen molar-refractivity contribution in [3.05, 3.63) is 53.6 Å². The van der Waals surface area contributed by atoms with Crippen LogP contribution in [0.25, 0.3) is 0 Å². The summed E-state index contributed by atoms with van der Waals surface area (Å²) in [6.45, 7) is 0.490. The van der Waals surface area contributed by atoms with Gasteiger partial charge in [0.2, 0.25) is 5.91 Å². The van der Waals surface area contributed by atoms with E-state index in [-0.39, 0.29) is 23.4 Å². The molecule has 0 aliphatic heterocycles. The fourth-order valence-electron chi connectivity index (χ4n) is 3.15. The fraction of sp³-hybridized carbons (Fsp3) is 0.348. The van der Waals surface area contributed by atoms with Crippen molar-refractivity contribution in [1.29, 1.82) is 0 Å². The summed E-state index contributed by atoms with van der Waals surface area (Å²) in [6.07, 6.45) is 2.05. The van der Waals surface area contributed by atoms with Gasteiger partial charge in [-0.05, 0) is 68.1 Å². The van der Waals surface area contributed by atoms with Crippen LogP contribution in [0.4, 0.5) is 11.4 Å². The summed E-state index contributed by atoms with van der Waals surface area (Å²) in [4.78, 5) is 37.0. The van der Waals surface area contributed by atoms with Crippen LogP contribution in [0.1, 0.15) is 35.2 Å². The van der Waals surface area contributed by atoms with Gasteiger partial charge in [0.15, 0.2) is 0 Å². The molecule has 33 heavy (non-hydrogen) atoms. The lowest BCUT2D eigenvalue weighted by atomic mass is 10.1. The van der Waals surface area contributed by atoms with Crippen molar-refractivity contribution in [3.63, 3.8) is 0 Å². The van der Waals surface area contributed by atoms with Crippen LogP contribution in [-0.2, 0) is 20.7 Å². The molecule has 0 radical (unpaired) electrons. The van der Waals surface area contributed by atoms with Gasteiger partial charge in [-0.25, -0.2) is 4.79 Å². The van der Waals surface area contributed by atoms with Crippen LogP contribution in [-0.4, -0.2) is 48.6 Å². The van der Waals surface area contributed by atoms with Gasteiger partial charge >= 0.3 is 5.97 Å². The summed E-state index contributed by atoms with van der Waals surface area (Å²) in [6, 6.07) is 9.15. The zero-order valence-electron chi connectivity index (χ0n) is 18.5. The number of unbranched alkanes of at least 4 members (excludes halogenated alkanes) is 1. The summed E-state index contributed by atoms with van der Waals surface area (Å²) in [5.41, 5.74) is 19.0. The number of esters is 1. The van der Waals surface area contributed by atoms with Crippen LogP contribution in [0.15, 0.2) is 42.5 Å². The number of nitrogen functional groups attached to an aromatic ring is 1. The summed E-state index contributed by atoms with van der Waals surface area (Å²) >= 11 is 0. The van der Waals surface area contributed by atoms with Gasteiger partial charge in [-0.2, -0.15) is 0 Å². The molecule has 10 nitrogen and oxygen atoms in total. The maximum absolute atomic E-state index is 12.6. The maximum atomic E-state index is 12.6. The van der Waals surface area contributed by atoms with E-state index < -0.39 is 29.9 Å². The van der Waals surface area contributed by atoms with E-state index in [4.69, 9.17) is 21.9 Å². The molecule has 0 aromatic heterocycles. The number of hydrogen-bond donors (Lipinski definition) is 6. The Morgan fingerprint density at radius 2 is 1.79 bits per heavy atom. The first-order valence-electron chi connectivity index (χ1n) is 10.6. The molecule has 10 heteroatoms. The number of carbonyl (C=O) groups is 3. The molecule has 0 saturated heterocycles. The third kappa shape index (κ3) is 7.78. The molecule has 0 spiro atoms. The second-order valence-electron chi connectivity index (χ2n) is 7.60. The Morgan fingerprint density at radius 3 is 2.39 bits per heavy atom. The Labute approximate surface area is 192 Å². The van der Waals surface area contributed by atoms with Crippen molar-refractivity contribution in [3.8, 4) is 5.75 Å². The molecule has 0 saturated carbocycles. The molecule has 9 N–H and O–H groups in total. The Bertz CT molecular complexity index is 964. The van der Waals surface area contributed by atoms with Gasteiger partial charge in [0, 0.05) is 5.56 Å². The van der Waals surface area contributed by atoms with E-state index in [9.17, 15) is 19.5 Å². The first kappa shape index (κ1) is 25.6. The lowest BCUT2D eigenvalue weighted by Crippen LogP contribution is -2.41. The van der Waals surface area contributed by atoms with E-state index in [1.807, 2.05) is 0 Å². The van der Waals surface area contributed by atoms with E-state index in [0.717, 1.165) is 12.0 Å². The molecule has 2 aromatic rings. The second-order valence-corrected chi connectivity index (χ2v) is 7.60. The lowest BCUT2D eigenvalue weighted by molar-refractivity contribution is -0.143. The average Bonchev–Trinajstić information content (AvgIpc) is 2.80. The Hall–Kier alpha value is -3.63. The zero-order valence-corrected chi connectivity index (χ0v) is 18.5. The average molecular weight is 458 g/mol. The molecule has 0 heterocycles. The molecule has 2 rings (SSSR count). The van der Waals surface area contributed by atoms with Gasteiger partial charge in [0.1, 0.15) is 11.8 Å². The van der Waals surface area contributed by atoms with Crippen molar-refractivity contribution >= 4 is 29.2 Å². The third-order valence-corrected chi connectivity index (χ3v) is 5.04. The molecule has 0 fully saturated rings. The first-order valence-corrected chi connectivity index (χ1v) is 10.6. The fourth-order valence-corrected chi connectivity index (χ4v) is 3.15. The number of methoxy groups -OCH3 is 1. The molecule has 2 aromatic carbocycles. The van der Waals surface area contributed by atoms with Crippen molar-refractivity contribution in [2.45, 2.75) is 37.8 Å². The number of aromatic hydroxyl groups is 1. The van der Waals surface area contributed by atoms with E-state index in [1.54, 1.807) is 12.1 Å². The molecule has 0 aliphatic carbocycles. The predicted octanol–water partition coefficient (Wildman–Crippen LogP) is 0.883. The minimum atomic E-state index is -0.841. The minimum absolute atomic E-state index is 0.127. The van der Waals surface area contributed by atoms with Crippen LogP contribution in [0.3, 0.4) is 0 Å². The van der Waals surface area contributed by atoms with Crippen LogP contribution in [0, 0.1) is 0 Å². The predicted molar refractivity (Wildman–Crippen MR) is 125 cm³/mol. The summed E-state index contributed by atoms with van der Waals surface area (Å²) in [7, 11) is 1.26. The topological polar surface area (TPSA) is 183 Å². The minimum Gasteiger partial charge on any atom is -0.508 e. The van der Waals surface area contributed by atoms with Gasteiger partial charge in [0.05, 0.1) is 24.5 Å². The van der Waals surface area contributed by atoms with Crippen LogP contribution in [0.2, 0.25) is 0 Å². The largest absolute Gasteiger partial charge is 0.508 e. The van der Waals surface area contributed by atoms with Crippen molar-refractivity contribution < 1.29 is 24.2 Å². The van der Waals surface area contributed by atoms with Crippen molar-refractivity contribution in [1.82, 2.24) is 5.32 Å². The van der Waals surface area contributed by atoms with E-state index in [0.29, 0.717) is 25.1 Å². The zero-order chi connectivity index (χ0) is 24.4. The SMILES string of the molecule is COC(=O)[C@H](CCCCN)NC(=O)c1ccc(NC(=O)[C@@H](N)Cc2ccc(O)cc2)c(N)c1. The Balaban J connectivity index is 2.00. The smallest absolute Gasteiger partial charge is 0.328 e. The highest BCUT2D eigenvalue weighted by molar-refractivity contribution is 6.01. The van der Waals surface area contributed by atoms with Gasteiger partial charge in [-0.1, -0.05) is 12.1 Å². The van der Waals surface area contributed by atoms with Gasteiger partial charge in [0.25, 0.3) is 5.91 Å². The number of phenolic OH excluding ortho intramolecular Hbond substituents is 1. The highest BCUT2D eigenvalue weighted by Gasteiger charge is 2.22. The van der Waals surface area contributed by atoms with Gasteiger partial charge < -0.3 is 37.7 Å². The second kappa shape index (κ2) is 12.4. The molecule has 0 unspecified atom stereocenters. The number of carbonyl (C=O) groups excluding carboxylic acids is 3. The summed E-state index contributed by atoms with van der Waals surface area (Å²) < 4.78 is 4.76. The maximum Gasteiger partial charge on any atom is 0.328 e. The van der Waals surface area contributed by atoms with Gasteiger partial charge in [-0.15, -0.1) is 0 Å². The number of nitrogens with one attached hydrogen (secondary N) is 2. The number of rotatable bonds is 11. The molecule has 178 valence electrons. The Kier molecular flexibility index (Phi) is 9.64. The molecule has 2 amide bonds. The number of amides is 2.